The molecule has 0 atom stereocenters. The Morgan fingerprint density at radius 1 is 1.21 bits per heavy atom. The highest BCUT2D eigenvalue weighted by Crippen LogP contribution is 2.28. The molecule has 0 saturated heterocycles. The molecule has 2 heterocycles. The fourth-order valence-corrected chi connectivity index (χ4v) is 3.51. The topological polar surface area (TPSA) is 25.8 Å². The van der Waals surface area contributed by atoms with Crippen LogP contribution in [0.3, 0.4) is 0 Å². The van der Waals surface area contributed by atoms with E-state index in [-0.39, 0.29) is 5.82 Å². The summed E-state index contributed by atoms with van der Waals surface area (Å²) >= 11 is 8.98. The lowest BCUT2D eigenvalue weighted by Crippen LogP contribution is -1.93. The smallest absolute Gasteiger partial charge is 0.142 e. The SMILES string of the molecule is Fc1ccccc1SCc1nc(Cl)c2ccsc2n1. The number of thioether (sulfide) groups is 1. The normalized spacial score (nSPS) is 11.1. The van der Waals surface area contributed by atoms with Crippen molar-refractivity contribution in [1.29, 1.82) is 0 Å². The molecule has 1 aromatic carbocycles. The monoisotopic (exact) mass is 310 g/mol. The van der Waals surface area contributed by atoms with E-state index in [2.05, 4.69) is 9.97 Å². The fraction of sp³-hybridized carbons (Fsp3) is 0.0769. The lowest BCUT2D eigenvalue weighted by Gasteiger charge is -2.03. The highest BCUT2D eigenvalue weighted by molar-refractivity contribution is 7.98. The van der Waals surface area contributed by atoms with Crippen molar-refractivity contribution in [2.24, 2.45) is 0 Å². The zero-order valence-corrected chi connectivity index (χ0v) is 12.0. The van der Waals surface area contributed by atoms with Crippen LogP contribution < -0.4 is 0 Å². The first-order chi connectivity index (χ1) is 9.24. The van der Waals surface area contributed by atoms with Gasteiger partial charge >= 0.3 is 0 Å². The van der Waals surface area contributed by atoms with Crippen LogP contribution >= 0.6 is 34.7 Å². The summed E-state index contributed by atoms with van der Waals surface area (Å²) in [6.45, 7) is 0. The van der Waals surface area contributed by atoms with Crippen molar-refractivity contribution >= 4 is 44.9 Å². The molecule has 3 rings (SSSR count). The van der Waals surface area contributed by atoms with Crippen molar-refractivity contribution in [2.75, 3.05) is 0 Å². The molecule has 96 valence electrons. The zero-order chi connectivity index (χ0) is 13.2. The van der Waals surface area contributed by atoms with E-state index < -0.39 is 0 Å². The second-order valence-electron chi connectivity index (χ2n) is 3.79. The predicted molar refractivity (Wildman–Crippen MR) is 78.4 cm³/mol. The van der Waals surface area contributed by atoms with Crippen LogP contribution in [-0.4, -0.2) is 9.97 Å². The number of rotatable bonds is 3. The minimum absolute atomic E-state index is 0.226. The number of nitrogens with zero attached hydrogens (tertiary/aromatic N) is 2. The molecule has 0 fully saturated rings. The quantitative estimate of drug-likeness (QED) is 0.514. The maximum absolute atomic E-state index is 13.5. The Labute approximate surface area is 122 Å². The van der Waals surface area contributed by atoms with Crippen LogP contribution in [0.4, 0.5) is 4.39 Å². The number of hydrogen-bond donors (Lipinski definition) is 0. The molecule has 0 bridgehead atoms. The van der Waals surface area contributed by atoms with E-state index in [0.29, 0.717) is 21.6 Å². The van der Waals surface area contributed by atoms with Gasteiger partial charge in [0.05, 0.1) is 5.75 Å². The zero-order valence-electron chi connectivity index (χ0n) is 9.64. The van der Waals surface area contributed by atoms with Gasteiger partial charge in [-0.1, -0.05) is 23.7 Å². The lowest BCUT2D eigenvalue weighted by atomic mass is 10.3. The molecule has 0 aliphatic heterocycles. The second kappa shape index (κ2) is 5.45. The molecule has 0 aliphatic carbocycles. The Morgan fingerprint density at radius 3 is 2.89 bits per heavy atom. The first-order valence-electron chi connectivity index (χ1n) is 5.51. The molecular formula is C13H8ClFN2S2. The van der Waals surface area contributed by atoms with Crippen LogP contribution in [0.25, 0.3) is 10.2 Å². The Hall–Kier alpha value is -1.17. The summed E-state index contributed by atoms with van der Waals surface area (Å²) in [6, 6.07) is 8.56. The minimum atomic E-state index is -0.226. The van der Waals surface area contributed by atoms with Crippen LogP contribution in [0.15, 0.2) is 40.6 Å². The molecule has 0 radical (unpaired) electrons. The first kappa shape index (κ1) is 12.8. The van der Waals surface area contributed by atoms with Crippen molar-refractivity contribution in [3.63, 3.8) is 0 Å². The third-order valence-corrected chi connectivity index (χ3v) is 4.66. The molecule has 6 heteroatoms. The highest BCUT2D eigenvalue weighted by atomic mass is 35.5. The number of fused-ring (bicyclic) bond motifs is 1. The Bertz CT molecular complexity index is 729. The van der Waals surface area contributed by atoms with E-state index in [1.165, 1.54) is 29.2 Å². The molecule has 0 N–H and O–H groups in total. The van der Waals surface area contributed by atoms with E-state index in [1.54, 1.807) is 12.1 Å². The maximum atomic E-state index is 13.5. The number of hydrogen-bond acceptors (Lipinski definition) is 4. The van der Waals surface area contributed by atoms with Crippen molar-refractivity contribution in [3.8, 4) is 0 Å². The number of aromatic nitrogens is 2. The molecule has 2 aromatic heterocycles. The van der Waals surface area contributed by atoms with E-state index >= 15 is 0 Å². The number of halogens is 2. The van der Waals surface area contributed by atoms with E-state index in [0.717, 1.165) is 10.2 Å². The van der Waals surface area contributed by atoms with Gasteiger partial charge in [0.1, 0.15) is 21.6 Å². The molecule has 19 heavy (non-hydrogen) atoms. The number of benzene rings is 1. The van der Waals surface area contributed by atoms with E-state index in [1.807, 2.05) is 17.5 Å². The van der Waals surface area contributed by atoms with Gasteiger partial charge in [0.25, 0.3) is 0 Å². The predicted octanol–water partition coefficient (Wildman–Crippen LogP) is 4.78. The summed E-state index contributed by atoms with van der Waals surface area (Å²) in [5.74, 6) is 0.887. The van der Waals surface area contributed by atoms with Gasteiger partial charge in [-0.2, -0.15) is 0 Å². The van der Waals surface area contributed by atoms with Crippen LogP contribution in [0.5, 0.6) is 0 Å². The van der Waals surface area contributed by atoms with Crippen molar-refractivity contribution in [3.05, 3.63) is 52.5 Å². The summed E-state index contributed by atoms with van der Waals surface area (Å²) in [4.78, 5) is 10.1. The summed E-state index contributed by atoms with van der Waals surface area (Å²) in [6.07, 6.45) is 0. The average Bonchev–Trinajstić information content (AvgIpc) is 2.87. The molecule has 0 amide bonds. The van der Waals surface area contributed by atoms with Gasteiger partial charge in [-0.3, -0.25) is 0 Å². The molecule has 0 unspecified atom stereocenters. The summed E-state index contributed by atoms with van der Waals surface area (Å²) < 4.78 is 13.5. The van der Waals surface area contributed by atoms with Crippen molar-refractivity contribution in [2.45, 2.75) is 10.6 Å². The Morgan fingerprint density at radius 2 is 2.05 bits per heavy atom. The molecule has 0 aliphatic rings. The van der Waals surface area contributed by atoms with Crippen LogP contribution in [0.2, 0.25) is 5.15 Å². The molecule has 0 spiro atoms. The summed E-state index contributed by atoms with van der Waals surface area (Å²) in [5, 5.41) is 3.25. The molecular weight excluding hydrogens is 303 g/mol. The first-order valence-corrected chi connectivity index (χ1v) is 7.75. The van der Waals surface area contributed by atoms with Gasteiger partial charge in [-0.05, 0) is 23.6 Å². The largest absolute Gasteiger partial charge is 0.221 e. The molecule has 0 saturated carbocycles. The summed E-state index contributed by atoms with van der Waals surface area (Å²) in [7, 11) is 0. The van der Waals surface area contributed by atoms with Crippen molar-refractivity contribution < 1.29 is 4.39 Å². The Kier molecular flexibility index (Phi) is 3.68. The third-order valence-electron chi connectivity index (χ3n) is 2.52. The van der Waals surface area contributed by atoms with Crippen LogP contribution in [-0.2, 0) is 5.75 Å². The number of thiophene rings is 1. The average molecular weight is 311 g/mol. The van der Waals surface area contributed by atoms with Gasteiger partial charge in [-0.25, -0.2) is 14.4 Å². The second-order valence-corrected chi connectivity index (χ2v) is 6.06. The maximum Gasteiger partial charge on any atom is 0.142 e. The highest BCUT2D eigenvalue weighted by Gasteiger charge is 2.08. The standard InChI is InChI=1S/C13H8ClFN2S2/c14-12-8-5-6-18-13(8)17-11(16-12)7-19-10-4-2-1-3-9(10)15/h1-6H,7H2. The summed E-state index contributed by atoms with van der Waals surface area (Å²) in [5.41, 5.74) is 0. The third kappa shape index (κ3) is 2.73. The van der Waals surface area contributed by atoms with Crippen molar-refractivity contribution in [1.82, 2.24) is 9.97 Å². The van der Waals surface area contributed by atoms with E-state index in [9.17, 15) is 4.39 Å². The lowest BCUT2D eigenvalue weighted by molar-refractivity contribution is 0.602. The minimum Gasteiger partial charge on any atom is -0.221 e. The molecule has 3 aromatic rings. The van der Waals surface area contributed by atoms with Crippen LogP contribution in [0.1, 0.15) is 5.82 Å². The van der Waals surface area contributed by atoms with Gasteiger partial charge in [-0.15, -0.1) is 23.1 Å². The molecule has 2 nitrogen and oxygen atoms in total. The Balaban J connectivity index is 1.84. The van der Waals surface area contributed by atoms with Crippen LogP contribution in [0, 0.1) is 5.82 Å². The van der Waals surface area contributed by atoms with Gasteiger partial charge in [0.2, 0.25) is 0 Å². The van der Waals surface area contributed by atoms with Gasteiger partial charge in [0.15, 0.2) is 0 Å². The van der Waals surface area contributed by atoms with Gasteiger partial charge in [0, 0.05) is 10.3 Å². The fourth-order valence-electron chi connectivity index (χ4n) is 1.63. The van der Waals surface area contributed by atoms with E-state index in [4.69, 9.17) is 11.6 Å². The van der Waals surface area contributed by atoms with Gasteiger partial charge < -0.3 is 0 Å².